The third-order valence-electron chi connectivity index (χ3n) is 5.99. The molecule has 2 aromatic rings. The Hall–Kier alpha value is -3.23. The zero-order chi connectivity index (χ0) is 25.1. The Balaban J connectivity index is 1.73. The second-order valence-electron chi connectivity index (χ2n) is 8.22. The highest BCUT2D eigenvalue weighted by Gasteiger charge is 2.40. The van der Waals surface area contributed by atoms with Crippen molar-refractivity contribution >= 4 is 46.0 Å². The van der Waals surface area contributed by atoms with Gasteiger partial charge in [0.1, 0.15) is 5.75 Å². The Kier molecular flexibility index (Phi) is 7.52. The van der Waals surface area contributed by atoms with E-state index in [0.29, 0.717) is 34.3 Å². The highest BCUT2D eigenvalue weighted by atomic mass is 35.5. The molecule has 2 amide bonds. The molecule has 0 unspecified atom stereocenters. The van der Waals surface area contributed by atoms with Crippen LogP contribution in [0.2, 0.25) is 5.02 Å². The van der Waals surface area contributed by atoms with E-state index < -0.39 is 6.04 Å². The van der Waals surface area contributed by atoms with E-state index in [1.807, 2.05) is 42.4 Å². The molecule has 2 heterocycles. The number of carbonyl (C=O) groups excluding carboxylic acids is 2. The molecule has 2 aromatic carbocycles. The minimum atomic E-state index is -0.486. The number of benzene rings is 2. The third kappa shape index (κ3) is 5.23. The van der Waals surface area contributed by atoms with E-state index in [2.05, 4.69) is 5.32 Å². The van der Waals surface area contributed by atoms with Crippen LogP contribution in [0.3, 0.4) is 0 Å². The summed E-state index contributed by atoms with van der Waals surface area (Å²) in [6, 6.07) is 14.1. The summed E-state index contributed by atoms with van der Waals surface area (Å²) in [5.74, 6) is 0.433. The molecule has 182 valence electrons. The largest absolute Gasteiger partial charge is 0.497 e. The summed E-state index contributed by atoms with van der Waals surface area (Å²) in [5, 5.41) is 6.23. The molecule has 0 radical (unpaired) electrons. The predicted molar refractivity (Wildman–Crippen MR) is 141 cm³/mol. The van der Waals surface area contributed by atoms with Crippen molar-refractivity contribution in [1.29, 1.82) is 0 Å². The number of carbonyl (C=O) groups is 2. The van der Waals surface area contributed by atoms with Crippen LogP contribution in [0.4, 0.5) is 5.69 Å². The van der Waals surface area contributed by atoms with Crippen molar-refractivity contribution in [3.8, 4) is 5.75 Å². The van der Waals surface area contributed by atoms with Gasteiger partial charge in [-0.2, -0.15) is 0 Å². The number of allylic oxidation sites excluding steroid dienone is 1. The van der Waals surface area contributed by atoms with Crippen molar-refractivity contribution in [2.24, 2.45) is 4.99 Å². The predicted octanol–water partition coefficient (Wildman–Crippen LogP) is 5.43. The summed E-state index contributed by atoms with van der Waals surface area (Å²) in [6.45, 7) is 4.39. The fourth-order valence-electron chi connectivity index (χ4n) is 3.99. The van der Waals surface area contributed by atoms with E-state index >= 15 is 0 Å². The van der Waals surface area contributed by atoms with Gasteiger partial charge in [-0.25, -0.2) is 4.99 Å². The normalized spacial score (nSPS) is 16.9. The van der Waals surface area contributed by atoms with Gasteiger partial charge in [0.15, 0.2) is 5.17 Å². The number of hydrogen-bond acceptors (Lipinski definition) is 6. The van der Waals surface area contributed by atoms with Crippen LogP contribution in [-0.2, 0) is 9.59 Å². The summed E-state index contributed by atoms with van der Waals surface area (Å²) < 4.78 is 5.21. The maximum atomic E-state index is 13.6. The molecular weight excluding hydrogens is 484 g/mol. The van der Waals surface area contributed by atoms with Gasteiger partial charge in [-0.1, -0.05) is 35.5 Å². The number of amidine groups is 1. The molecule has 0 spiro atoms. The number of ether oxygens (including phenoxy) is 1. The Morgan fingerprint density at radius 2 is 1.97 bits per heavy atom. The molecule has 35 heavy (non-hydrogen) atoms. The van der Waals surface area contributed by atoms with Gasteiger partial charge in [0.25, 0.3) is 5.91 Å². The molecule has 7 nitrogen and oxygen atoms in total. The number of hydrogen-bond donors (Lipinski definition) is 1. The fourth-order valence-corrected chi connectivity index (χ4v) is 5.15. The maximum absolute atomic E-state index is 13.6. The molecule has 4 rings (SSSR count). The van der Waals surface area contributed by atoms with Crippen LogP contribution < -0.4 is 10.1 Å². The molecule has 2 aliphatic heterocycles. The number of rotatable bonds is 7. The van der Waals surface area contributed by atoms with Crippen molar-refractivity contribution in [3.05, 3.63) is 81.5 Å². The van der Waals surface area contributed by atoms with Crippen molar-refractivity contribution in [1.82, 2.24) is 9.80 Å². The van der Waals surface area contributed by atoms with Crippen molar-refractivity contribution in [2.75, 3.05) is 26.0 Å². The highest BCUT2D eigenvalue weighted by Crippen LogP contribution is 2.45. The molecule has 9 heteroatoms. The first kappa shape index (κ1) is 24.9. The Morgan fingerprint density at radius 1 is 1.23 bits per heavy atom. The number of fused-ring (bicyclic) bond motifs is 1. The summed E-state index contributed by atoms with van der Waals surface area (Å²) in [6.07, 6.45) is 0.208. The summed E-state index contributed by atoms with van der Waals surface area (Å²) >= 11 is 7.81. The van der Waals surface area contributed by atoms with Crippen LogP contribution in [0.5, 0.6) is 5.75 Å². The molecule has 0 aliphatic carbocycles. The lowest BCUT2D eigenvalue weighted by Gasteiger charge is -2.37. The zero-order valence-corrected chi connectivity index (χ0v) is 21.6. The number of thioether (sulfide) groups is 1. The van der Waals surface area contributed by atoms with Crippen molar-refractivity contribution in [3.63, 3.8) is 0 Å². The standard InChI is InChI=1S/C26H27ClN4O3S/c1-5-30(3)22(32)14-20-15-35-26-28-16(2)23(24(31(20)26)17-7-6-8-18(27)13-17)25(33)29-19-9-11-21(34-4)12-10-19/h6-13,15,24H,5,14H2,1-4H3,(H,29,33)/t24-/m1/s1. The molecule has 1 N–H and O–H groups in total. The van der Waals surface area contributed by atoms with Crippen LogP contribution in [0.1, 0.15) is 31.9 Å². The minimum Gasteiger partial charge on any atom is -0.497 e. The van der Waals surface area contributed by atoms with Gasteiger partial charge in [0, 0.05) is 30.0 Å². The lowest BCUT2D eigenvalue weighted by atomic mass is 9.93. The zero-order valence-electron chi connectivity index (χ0n) is 20.0. The summed E-state index contributed by atoms with van der Waals surface area (Å²) in [5.41, 5.74) is 3.39. The van der Waals surface area contributed by atoms with Gasteiger partial charge in [-0.3, -0.25) is 9.59 Å². The van der Waals surface area contributed by atoms with Crippen LogP contribution in [0.25, 0.3) is 0 Å². The molecule has 0 saturated carbocycles. The lowest BCUT2D eigenvalue weighted by molar-refractivity contribution is -0.129. The van der Waals surface area contributed by atoms with E-state index in [-0.39, 0.29) is 18.2 Å². The molecule has 0 bridgehead atoms. The first-order valence-corrected chi connectivity index (χ1v) is 12.5. The first-order chi connectivity index (χ1) is 16.8. The van der Waals surface area contributed by atoms with Crippen LogP contribution in [-0.4, -0.2) is 47.5 Å². The molecule has 1 atom stereocenters. The first-order valence-electron chi connectivity index (χ1n) is 11.2. The van der Waals surface area contributed by atoms with Gasteiger partial charge in [-0.15, -0.1) is 0 Å². The number of aliphatic imine (C=N–C) groups is 1. The summed E-state index contributed by atoms with van der Waals surface area (Å²) in [4.78, 5) is 34.8. The van der Waals surface area contributed by atoms with Gasteiger partial charge in [-0.05, 0) is 61.2 Å². The van der Waals surface area contributed by atoms with Crippen molar-refractivity contribution < 1.29 is 14.3 Å². The molecule has 2 aliphatic rings. The van der Waals surface area contributed by atoms with Crippen LogP contribution in [0, 0.1) is 0 Å². The monoisotopic (exact) mass is 510 g/mol. The Bertz CT molecular complexity index is 1240. The molecule has 0 saturated heterocycles. The average Bonchev–Trinajstić information content (AvgIpc) is 3.24. The van der Waals surface area contributed by atoms with E-state index in [1.54, 1.807) is 49.4 Å². The van der Waals surface area contributed by atoms with Gasteiger partial charge in [0.05, 0.1) is 30.8 Å². The number of halogens is 1. The van der Waals surface area contributed by atoms with Crippen LogP contribution in [0.15, 0.2) is 75.9 Å². The molecular formula is C26H27ClN4O3S. The number of nitrogens with zero attached hydrogens (tertiary/aromatic N) is 3. The Labute approximate surface area is 214 Å². The highest BCUT2D eigenvalue weighted by molar-refractivity contribution is 8.16. The second kappa shape index (κ2) is 10.6. The average molecular weight is 511 g/mol. The smallest absolute Gasteiger partial charge is 0.255 e. The van der Waals surface area contributed by atoms with E-state index in [1.165, 1.54) is 11.8 Å². The van der Waals surface area contributed by atoms with E-state index in [9.17, 15) is 9.59 Å². The van der Waals surface area contributed by atoms with Gasteiger partial charge < -0.3 is 19.9 Å². The van der Waals surface area contributed by atoms with Crippen molar-refractivity contribution in [2.45, 2.75) is 26.3 Å². The SMILES string of the molecule is CCN(C)C(=O)CC1=CSC2=NC(C)=C(C(=O)Nc3ccc(OC)cc3)[C@@H](c3cccc(Cl)c3)N12. The number of anilines is 1. The number of nitrogens with one attached hydrogen (secondary N) is 1. The second-order valence-corrected chi connectivity index (χ2v) is 9.49. The molecule has 0 aromatic heterocycles. The summed E-state index contributed by atoms with van der Waals surface area (Å²) in [7, 11) is 3.37. The maximum Gasteiger partial charge on any atom is 0.255 e. The third-order valence-corrected chi connectivity index (χ3v) is 7.11. The van der Waals surface area contributed by atoms with E-state index in [4.69, 9.17) is 21.3 Å². The topological polar surface area (TPSA) is 74.2 Å². The lowest BCUT2D eigenvalue weighted by Crippen LogP contribution is -2.39. The number of methoxy groups -OCH3 is 1. The molecule has 0 fully saturated rings. The fraction of sp³-hybridized carbons (Fsp3) is 0.269. The Morgan fingerprint density at radius 3 is 2.63 bits per heavy atom. The van der Waals surface area contributed by atoms with Gasteiger partial charge in [0.2, 0.25) is 5.91 Å². The van der Waals surface area contributed by atoms with Crippen LogP contribution >= 0.6 is 23.4 Å². The minimum absolute atomic E-state index is 0.000883. The number of amides is 2. The quantitative estimate of drug-likeness (QED) is 0.537. The van der Waals surface area contributed by atoms with E-state index in [0.717, 1.165) is 16.4 Å². The van der Waals surface area contributed by atoms with Gasteiger partial charge >= 0.3 is 0 Å².